The molecule has 2 aliphatic heterocycles. The predicted octanol–water partition coefficient (Wildman–Crippen LogP) is 5.26. The Morgan fingerprint density at radius 2 is 1.65 bits per heavy atom. The molecule has 3 aromatic rings. The van der Waals surface area contributed by atoms with Crippen molar-refractivity contribution in [2.24, 2.45) is 5.92 Å². The van der Waals surface area contributed by atoms with Crippen molar-refractivity contribution in [2.45, 2.75) is 83.2 Å². The number of hydrogen-bond donors (Lipinski definition) is 1. The maximum Gasteiger partial charge on any atom is 0.411 e. The molecule has 1 aromatic heterocycles. The fourth-order valence-electron chi connectivity index (χ4n) is 6.39. The molecule has 0 saturated carbocycles. The zero-order valence-corrected chi connectivity index (χ0v) is 29.0. The number of ether oxygens (including phenoxy) is 3. The summed E-state index contributed by atoms with van der Waals surface area (Å²) in [6.45, 7) is 8.90. The van der Waals surface area contributed by atoms with Gasteiger partial charge in [0.2, 0.25) is 5.91 Å². The summed E-state index contributed by atoms with van der Waals surface area (Å²) in [5, 5.41) is 3.30. The van der Waals surface area contributed by atoms with E-state index in [1.165, 1.54) is 11.3 Å². The molecule has 258 valence electrons. The number of aromatic nitrogens is 1. The highest BCUT2D eigenvalue weighted by Crippen LogP contribution is 2.27. The van der Waals surface area contributed by atoms with E-state index in [1.807, 2.05) is 81.4 Å². The molecule has 2 saturated heterocycles. The summed E-state index contributed by atoms with van der Waals surface area (Å²) in [4.78, 5) is 49.9. The average Bonchev–Trinajstić information content (AvgIpc) is 3.77. The maximum absolute atomic E-state index is 14.2. The van der Waals surface area contributed by atoms with Crippen LogP contribution in [0.5, 0.6) is 0 Å². The molecule has 2 aromatic carbocycles. The van der Waals surface area contributed by atoms with Gasteiger partial charge >= 0.3 is 12.1 Å². The number of benzene rings is 2. The molecule has 0 radical (unpaired) electrons. The molecule has 2 aliphatic rings. The first-order chi connectivity index (χ1) is 23.1. The summed E-state index contributed by atoms with van der Waals surface area (Å²) in [5.41, 5.74) is 3.16. The number of likely N-dealkylation sites (tertiary alicyclic amines) is 1. The molecule has 1 N–H and O–H groups in total. The quantitative estimate of drug-likeness (QED) is 0.244. The lowest BCUT2D eigenvalue weighted by molar-refractivity contribution is -0.150. The van der Waals surface area contributed by atoms with Crippen LogP contribution in [0.15, 0.2) is 72.4 Å². The molecule has 0 bridgehead atoms. The fraction of sp³-hybridized carbons (Fsp3) is 0.514. The molecule has 10 nitrogen and oxygen atoms in total. The largest absolute Gasteiger partial charge is 0.460 e. The van der Waals surface area contributed by atoms with Crippen LogP contribution in [0.4, 0.5) is 4.79 Å². The van der Waals surface area contributed by atoms with Crippen molar-refractivity contribution >= 4 is 29.3 Å². The van der Waals surface area contributed by atoms with E-state index in [1.54, 1.807) is 16.6 Å². The zero-order valence-electron chi connectivity index (χ0n) is 28.2. The number of nitrogens with one attached hydrogen (secondary N) is 1. The second-order valence-electron chi connectivity index (χ2n) is 13.6. The van der Waals surface area contributed by atoms with Gasteiger partial charge in [-0.25, -0.2) is 4.79 Å². The van der Waals surface area contributed by atoms with Crippen molar-refractivity contribution in [1.82, 2.24) is 20.1 Å². The van der Waals surface area contributed by atoms with Gasteiger partial charge in [0.05, 0.1) is 29.5 Å². The van der Waals surface area contributed by atoms with Gasteiger partial charge in [0, 0.05) is 37.9 Å². The minimum absolute atomic E-state index is 0.0355. The van der Waals surface area contributed by atoms with Crippen LogP contribution >= 0.6 is 11.3 Å². The summed E-state index contributed by atoms with van der Waals surface area (Å²) < 4.78 is 17.1. The van der Waals surface area contributed by atoms with E-state index in [0.717, 1.165) is 29.1 Å². The molecule has 0 spiro atoms. The molecular weight excluding hydrogens is 628 g/mol. The van der Waals surface area contributed by atoms with E-state index in [0.29, 0.717) is 51.9 Å². The van der Waals surface area contributed by atoms with Crippen LogP contribution in [-0.2, 0) is 43.2 Å². The smallest absolute Gasteiger partial charge is 0.411 e. The number of carbonyl (C=O) groups excluding carboxylic acids is 3. The lowest BCUT2D eigenvalue weighted by Gasteiger charge is -2.32. The van der Waals surface area contributed by atoms with E-state index >= 15 is 0 Å². The number of carbonyl (C=O) groups is 3. The molecule has 4 atom stereocenters. The monoisotopic (exact) mass is 676 g/mol. The van der Waals surface area contributed by atoms with Crippen LogP contribution < -0.4 is 5.32 Å². The highest BCUT2D eigenvalue weighted by molar-refractivity contribution is 7.09. The first-order valence-electron chi connectivity index (χ1n) is 16.9. The van der Waals surface area contributed by atoms with Crippen molar-refractivity contribution in [3.63, 3.8) is 0 Å². The number of hydrogen-bond acceptors (Lipinski definition) is 9. The Kier molecular flexibility index (Phi) is 12.6. The van der Waals surface area contributed by atoms with Gasteiger partial charge in [0.15, 0.2) is 0 Å². The van der Waals surface area contributed by atoms with E-state index in [4.69, 9.17) is 14.2 Å². The topological polar surface area (TPSA) is 110 Å². The van der Waals surface area contributed by atoms with Crippen molar-refractivity contribution in [3.8, 4) is 0 Å². The van der Waals surface area contributed by atoms with Crippen LogP contribution in [0.2, 0.25) is 0 Å². The molecule has 11 heteroatoms. The van der Waals surface area contributed by atoms with Crippen molar-refractivity contribution < 1.29 is 28.6 Å². The highest BCUT2D eigenvalue weighted by atomic mass is 32.1. The minimum Gasteiger partial charge on any atom is -0.460 e. The number of rotatable bonds is 13. The van der Waals surface area contributed by atoms with Gasteiger partial charge in [-0.1, -0.05) is 60.7 Å². The number of morpholine rings is 1. The highest BCUT2D eigenvalue weighted by Gasteiger charge is 2.44. The molecule has 3 heterocycles. The molecule has 48 heavy (non-hydrogen) atoms. The third kappa shape index (κ3) is 10.6. The lowest BCUT2D eigenvalue weighted by Crippen LogP contribution is -2.50. The maximum atomic E-state index is 14.2. The minimum atomic E-state index is -0.687. The van der Waals surface area contributed by atoms with E-state index < -0.39 is 23.7 Å². The van der Waals surface area contributed by atoms with Gasteiger partial charge in [-0.2, -0.15) is 0 Å². The zero-order chi connectivity index (χ0) is 33.9. The Hall–Kier alpha value is -3.80. The summed E-state index contributed by atoms with van der Waals surface area (Å²) >= 11 is 1.45. The molecular formula is C37H48N4O6S. The van der Waals surface area contributed by atoms with Crippen molar-refractivity contribution in [1.29, 1.82) is 0 Å². The third-order valence-electron chi connectivity index (χ3n) is 8.81. The first kappa shape index (κ1) is 35.5. The lowest BCUT2D eigenvalue weighted by atomic mass is 9.91. The van der Waals surface area contributed by atoms with Crippen molar-refractivity contribution in [2.75, 3.05) is 32.8 Å². The Morgan fingerprint density at radius 3 is 2.27 bits per heavy atom. The third-order valence-corrected chi connectivity index (χ3v) is 9.56. The van der Waals surface area contributed by atoms with Gasteiger partial charge in [-0.3, -0.25) is 24.4 Å². The van der Waals surface area contributed by atoms with Gasteiger partial charge in [-0.05, 0) is 64.0 Å². The van der Waals surface area contributed by atoms with Crippen molar-refractivity contribution in [3.05, 3.63) is 88.4 Å². The number of amides is 2. The SMILES string of the molecule is CC(C)(C)OC(=O)N1C[C@H](N2CCOCC2)C[C@H]1C(=O)N[C@H](CC[C@H](Cc1ccccc1)C(=O)OCc1cncs1)Cc1ccccc1. The summed E-state index contributed by atoms with van der Waals surface area (Å²) in [7, 11) is 0. The van der Waals surface area contributed by atoms with E-state index in [-0.39, 0.29) is 30.6 Å². The molecule has 0 unspecified atom stereocenters. The molecule has 0 aliphatic carbocycles. The van der Waals surface area contributed by atoms with Crippen LogP contribution in [-0.4, -0.2) is 89.3 Å². The summed E-state index contributed by atoms with van der Waals surface area (Å²) in [6, 6.07) is 19.0. The van der Waals surface area contributed by atoms with Crippen LogP contribution in [0, 0.1) is 5.92 Å². The normalized spacial score (nSPS) is 19.8. The fourth-order valence-corrected chi connectivity index (χ4v) is 6.90. The number of thiazole rings is 1. The molecule has 2 amide bonds. The predicted molar refractivity (Wildman–Crippen MR) is 184 cm³/mol. The summed E-state index contributed by atoms with van der Waals surface area (Å²) in [6.07, 6.45) is 3.94. The Bertz CT molecular complexity index is 1440. The van der Waals surface area contributed by atoms with E-state index in [2.05, 4.69) is 15.2 Å². The number of nitrogens with zero attached hydrogens (tertiary/aromatic N) is 3. The van der Waals surface area contributed by atoms with Crippen LogP contribution in [0.1, 0.15) is 56.0 Å². The molecule has 5 rings (SSSR count). The van der Waals surface area contributed by atoms with E-state index in [9.17, 15) is 14.4 Å². The Labute approximate surface area is 287 Å². The van der Waals surface area contributed by atoms with Crippen LogP contribution in [0.3, 0.4) is 0 Å². The van der Waals surface area contributed by atoms with Crippen LogP contribution in [0.25, 0.3) is 0 Å². The van der Waals surface area contributed by atoms with Gasteiger partial charge < -0.3 is 19.5 Å². The first-order valence-corrected chi connectivity index (χ1v) is 17.8. The standard InChI is InChI=1S/C37H48N4O6S/c1-37(2,3)47-36(44)41-24-31(40-16-18-45-19-17-40)22-33(41)34(42)39-30(21-28-12-8-5-9-13-28)15-14-29(20-27-10-6-4-7-11-27)35(43)46-25-32-23-38-26-48-32/h4-13,23,26,29-31,33H,14-22,24-25H2,1-3H3,(H,39,42)/t29-,30-,31-,33+/m1/s1. The van der Waals surface area contributed by atoms with Gasteiger partial charge in [0.25, 0.3) is 0 Å². The summed E-state index contributed by atoms with van der Waals surface area (Å²) in [5.74, 6) is -0.867. The second kappa shape index (κ2) is 17.0. The van der Waals surface area contributed by atoms with Gasteiger partial charge in [-0.15, -0.1) is 11.3 Å². The Morgan fingerprint density at radius 1 is 0.979 bits per heavy atom. The Balaban J connectivity index is 1.32. The number of esters is 1. The average molecular weight is 677 g/mol. The molecule has 2 fully saturated rings. The second-order valence-corrected chi connectivity index (χ2v) is 14.6. The van der Waals surface area contributed by atoms with Gasteiger partial charge in [0.1, 0.15) is 18.2 Å².